The molecule has 2 aromatic carbocycles. The number of para-hydroxylation sites is 2. The van der Waals surface area contributed by atoms with Crippen LogP contribution in [-0.4, -0.2) is 48.5 Å². The molecule has 2 fully saturated rings. The van der Waals surface area contributed by atoms with Gasteiger partial charge in [0.2, 0.25) is 0 Å². The smallest absolute Gasteiger partial charge is 0.317 e. The molecule has 1 saturated carbocycles. The van der Waals surface area contributed by atoms with E-state index < -0.39 is 0 Å². The van der Waals surface area contributed by atoms with Crippen LogP contribution in [0.15, 0.2) is 53.5 Å². The molecular weight excluding hydrogens is 414 g/mol. The Bertz CT molecular complexity index is 1020. The van der Waals surface area contributed by atoms with Gasteiger partial charge in [-0.15, -0.1) is 0 Å². The van der Waals surface area contributed by atoms with Gasteiger partial charge in [-0.2, -0.15) is 0 Å². The van der Waals surface area contributed by atoms with Gasteiger partial charge in [0.25, 0.3) is 0 Å². The first-order valence-corrected chi connectivity index (χ1v) is 12.0. The number of piperidine rings is 1. The number of nitrogens with one attached hydrogen (secondary N) is 3. The summed E-state index contributed by atoms with van der Waals surface area (Å²) in [6.07, 6.45) is 6.67. The summed E-state index contributed by atoms with van der Waals surface area (Å²) in [5, 5.41) is 10.5. The minimum atomic E-state index is -0.382. The van der Waals surface area contributed by atoms with Gasteiger partial charge in [0.1, 0.15) is 17.1 Å². The van der Waals surface area contributed by atoms with Crippen LogP contribution in [0.25, 0.3) is 0 Å². The van der Waals surface area contributed by atoms with Crippen LogP contribution < -0.4 is 20.7 Å². The van der Waals surface area contributed by atoms with Crippen LogP contribution in [0.5, 0.6) is 5.75 Å². The summed E-state index contributed by atoms with van der Waals surface area (Å²) in [6.45, 7) is 1.83. The SMILES string of the molecule is COc1ccc(CNC(=O)N2CCC[C@@]3(C2)Nc2ccccc2NC3=NC2CCCC2)cc1. The molecule has 5 rings (SSSR count). The van der Waals surface area contributed by atoms with E-state index in [4.69, 9.17) is 9.73 Å². The van der Waals surface area contributed by atoms with Crippen molar-refractivity contribution in [2.45, 2.75) is 56.7 Å². The van der Waals surface area contributed by atoms with Crippen LogP contribution in [-0.2, 0) is 6.54 Å². The lowest BCUT2D eigenvalue weighted by Crippen LogP contribution is -2.63. The maximum atomic E-state index is 13.1. The van der Waals surface area contributed by atoms with Crippen molar-refractivity contribution in [3.05, 3.63) is 54.1 Å². The zero-order chi connectivity index (χ0) is 22.7. The van der Waals surface area contributed by atoms with Crippen LogP contribution in [0.4, 0.5) is 16.2 Å². The van der Waals surface area contributed by atoms with Crippen molar-refractivity contribution in [3.8, 4) is 5.75 Å². The third kappa shape index (κ3) is 4.63. The Morgan fingerprint density at radius 3 is 2.64 bits per heavy atom. The zero-order valence-corrected chi connectivity index (χ0v) is 19.3. The third-order valence-corrected chi connectivity index (χ3v) is 7.03. The summed E-state index contributed by atoms with van der Waals surface area (Å²) < 4.78 is 5.22. The Morgan fingerprint density at radius 2 is 1.88 bits per heavy atom. The summed E-state index contributed by atoms with van der Waals surface area (Å²) in [5.41, 5.74) is 2.79. The number of hydrogen-bond acceptors (Lipinski definition) is 4. The Kier molecular flexibility index (Phi) is 6.11. The molecule has 7 heteroatoms. The molecule has 1 aliphatic carbocycles. The first-order chi connectivity index (χ1) is 16.1. The number of benzene rings is 2. The van der Waals surface area contributed by atoms with Gasteiger partial charge in [-0.05, 0) is 55.5 Å². The minimum absolute atomic E-state index is 0.0363. The van der Waals surface area contributed by atoms with Gasteiger partial charge in [-0.3, -0.25) is 4.99 Å². The van der Waals surface area contributed by atoms with E-state index in [1.54, 1.807) is 7.11 Å². The van der Waals surface area contributed by atoms with Crippen LogP contribution in [0.3, 0.4) is 0 Å². The highest BCUT2D eigenvalue weighted by Gasteiger charge is 2.45. The fraction of sp³-hybridized carbons (Fsp3) is 0.462. The van der Waals surface area contributed by atoms with Gasteiger partial charge in [0.15, 0.2) is 0 Å². The highest BCUT2D eigenvalue weighted by Crippen LogP contribution is 2.37. The fourth-order valence-electron chi connectivity index (χ4n) is 5.19. The van der Waals surface area contributed by atoms with Crippen molar-refractivity contribution in [3.63, 3.8) is 0 Å². The van der Waals surface area contributed by atoms with Gasteiger partial charge in [0.05, 0.1) is 31.1 Å². The average Bonchev–Trinajstić information content (AvgIpc) is 3.37. The number of nitrogens with zero attached hydrogens (tertiary/aromatic N) is 2. The predicted molar refractivity (Wildman–Crippen MR) is 132 cm³/mol. The van der Waals surface area contributed by atoms with Gasteiger partial charge < -0.3 is 25.6 Å². The van der Waals surface area contributed by atoms with E-state index in [-0.39, 0.29) is 11.6 Å². The largest absolute Gasteiger partial charge is 0.497 e. The summed E-state index contributed by atoms with van der Waals surface area (Å²) in [7, 11) is 1.65. The molecule has 2 heterocycles. The summed E-state index contributed by atoms with van der Waals surface area (Å²) in [5.74, 6) is 1.80. The first kappa shape index (κ1) is 21.6. The minimum Gasteiger partial charge on any atom is -0.497 e. The molecular formula is C26H33N5O2. The van der Waals surface area contributed by atoms with Crippen LogP contribution in [0.1, 0.15) is 44.1 Å². The van der Waals surface area contributed by atoms with E-state index in [2.05, 4.69) is 28.1 Å². The number of rotatable bonds is 4. The summed E-state index contributed by atoms with van der Waals surface area (Å²) in [4.78, 5) is 20.2. The van der Waals surface area contributed by atoms with E-state index in [1.165, 1.54) is 12.8 Å². The quantitative estimate of drug-likeness (QED) is 0.639. The van der Waals surface area contributed by atoms with Crippen molar-refractivity contribution in [1.29, 1.82) is 0 Å². The highest BCUT2D eigenvalue weighted by molar-refractivity contribution is 6.10. The number of methoxy groups -OCH3 is 1. The van der Waals surface area contributed by atoms with E-state index >= 15 is 0 Å². The van der Waals surface area contributed by atoms with Gasteiger partial charge in [0, 0.05) is 13.1 Å². The molecule has 0 aromatic heterocycles. The Hall–Kier alpha value is -3.22. The van der Waals surface area contributed by atoms with E-state index in [0.29, 0.717) is 19.1 Å². The number of anilines is 2. The molecule has 33 heavy (non-hydrogen) atoms. The maximum Gasteiger partial charge on any atom is 0.317 e. The maximum absolute atomic E-state index is 13.1. The molecule has 3 aliphatic rings. The van der Waals surface area contributed by atoms with Crippen molar-refractivity contribution in [2.24, 2.45) is 4.99 Å². The summed E-state index contributed by atoms with van der Waals surface area (Å²) >= 11 is 0. The topological polar surface area (TPSA) is 78.0 Å². The lowest BCUT2D eigenvalue weighted by atomic mass is 9.85. The second kappa shape index (κ2) is 9.33. The standard InChI is InChI=1S/C26H33N5O2/c1-33-21-13-11-19(12-14-21)17-27-25(32)31-16-6-15-26(18-31)24(28-20-7-2-3-8-20)29-22-9-4-5-10-23(22)30-26/h4-5,9-14,20,30H,2-3,6-8,15-18H2,1H3,(H,27,32)(H,28,29)/t26-/m0/s1. The number of urea groups is 1. The number of likely N-dealkylation sites (tertiary alicyclic amines) is 1. The molecule has 174 valence electrons. The van der Waals surface area contributed by atoms with Crippen molar-refractivity contribution >= 4 is 23.2 Å². The monoisotopic (exact) mass is 447 g/mol. The number of aliphatic imine (C=N–C) groups is 1. The molecule has 7 nitrogen and oxygen atoms in total. The van der Waals surface area contributed by atoms with Gasteiger partial charge in [-0.1, -0.05) is 37.1 Å². The number of amidine groups is 1. The molecule has 3 N–H and O–H groups in total. The van der Waals surface area contributed by atoms with Crippen molar-refractivity contribution in [1.82, 2.24) is 10.2 Å². The molecule has 2 amide bonds. The first-order valence-electron chi connectivity index (χ1n) is 12.0. The van der Waals surface area contributed by atoms with Crippen LogP contribution >= 0.6 is 0 Å². The predicted octanol–water partition coefficient (Wildman–Crippen LogP) is 4.62. The Labute approximate surface area is 195 Å². The van der Waals surface area contributed by atoms with Crippen LogP contribution in [0.2, 0.25) is 0 Å². The number of amides is 2. The molecule has 0 unspecified atom stereocenters. The number of hydrogen-bond donors (Lipinski definition) is 3. The van der Waals surface area contributed by atoms with Crippen LogP contribution in [0, 0.1) is 0 Å². The molecule has 0 radical (unpaired) electrons. The lowest BCUT2D eigenvalue weighted by Gasteiger charge is -2.47. The van der Waals surface area contributed by atoms with E-state index in [9.17, 15) is 4.79 Å². The van der Waals surface area contributed by atoms with Gasteiger partial charge in [-0.25, -0.2) is 4.79 Å². The van der Waals surface area contributed by atoms with Crippen molar-refractivity contribution in [2.75, 3.05) is 30.8 Å². The Balaban J connectivity index is 1.33. The average molecular weight is 448 g/mol. The molecule has 1 spiro atoms. The zero-order valence-electron chi connectivity index (χ0n) is 19.3. The number of carbonyl (C=O) groups is 1. The normalized spacial score (nSPS) is 23.7. The van der Waals surface area contributed by atoms with E-state index in [0.717, 1.165) is 60.8 Å². The van der Waals surface area contributed by atoms with Gasteiger partial charge >= 0.3 is 6.03 Å². The molecule has 1 saturated heterocycles. The second-order valence-corrected chi connectivity index (χ2v) is 9.33. The lowest BCUT2D eigenvalue weighted by molar-refractivity contribution is 0.173. The van der Waals surface area contributed by atoms with Crippen molar-refractivity contribution < 1.29 is 9.53 Å². The molecule has 2 aliphatic heterocycles. The summed E-state index contributed by atoms with van der Waals surface area (Å²) in [6, 6.07) is 16.4. The van der Waals surface area contributed by atoms with E-state index in [1.807, 2.05) is 41.3 Å². The number of fused-ring (bicyclic) bond motifs is 1. The molecule has 1 atom stereocenters. The highest BCUT2D eigenvalue weighted by atomic mass is 16.5. The number of ether oxygens (including phenoxy) is 1. The third-order valence-electron chi connectivity index (χ3n) is 7.03. The second-order valence-electron chi connectivity index (χ2n) is 9.33. The molecule has 2 aromatic rings. The Morgan fingerprint density at radius 1 is 1.12 bits per heavy atom. The fourth-order valence-corrected chi connectivity index (χ4v) is 5.19. The molecule has 0 bridgehead atoms. The number of carbonyl (C=O) groups excluding carboxylic acids is 1.